The Labute approximate surface area is 165 Å². The number of anilines is 2. The topological polar surface area (TPSA) is 44.8 Å². The molecular formula is C22H26FN3O2. The molecule has 2 aliphatic heterocycles. The van der Waals surface area contributed by atoms with Gasteiger partial charge in [-0.2, -0.15) is 0 Å². The van der Waals surface area contributed by atoms with Crippen LogP contribution in [0.1, 0.15) is 24.4 Å². The molecule has 0 radical (unpaired) electrons. The highest BCUT2D eigenvalue weighted by atomic mass is 19.1. The molecule has 0 aliphatic carbocycles. The Balaban J connectivity index is 1.34. The van der Waals surface area contributed by atoms with E-state index < -0.39 is 0 Å². The highest BCUT2D eigenvalue weighted by molar-refractivity contribution is 5.92. The van der Waals surface area contributed by atoms with Gasteiger partial charge in [-0.25, -0.2) is 4.39 Å². The fraction of sp³-hybridized carbons (Fsp3) is 0.409. The number of likely N-dealkylation sites (tertiary alicyclic amines) is 1. The van der Waals surface area contributed by atoms with E-state index in [-0.39, 0.29) is 17.8 Å². The number of nitrogens with one attached hydrogen (secondary N) is 1. The third-order valence-electron chi connectivity index (χ3n) is 5.49. The maximum atomic E-state index is 13.2. The number of halogens is 1. The molecule has 2 heterocycles. The summed E-state index contributed by atoms with van der Waals surface area (Å²) < 4.78 is 18.6. The van der Waals surface area contributed by atoms with Crippen molar-refractivity contribution in [1.29, 1.82) is 0 Å². The molecule has 2 fully saturated rings. The predicted octanol–water partition coefficient (Wildman–Crippen LogP) is 3.44. The molecule has 148 valence electrons. The minimum absolute atomic E-state index is 0.0202. The van der Waals surface area contributed by atoms with Crippen LogP contribution in [0.4, 0.5) is 15.8 Å². The van der Waals surface area contributed by atoms with E-state index in [4.69, 9.17) is 4.74 Å². The Morgan fingerprint density at radius 3 is 2.46 bits per heavy atom. The van der Waals surface area contributed by atoms with Crippen molar-refractivity contribution in [3.05, 3.63) is 59.9 Å². The first-order valence-corrected chi connectivity index (χ1v) is 9.91. The van der Waals surface area contributed by atoms with Crippen molar-refractivity contribution in [3.63, 3.8) is 0 Å². The van der Waals surface area contributed by atoms with Gasteiger partial charge in [-0.1, -0.05) is 12.1 Å². The summed E-state index contributed by atoms with van der Waals surface area (Å²) in [5.74, 6) is -0.250. The standard InChI is InChI=1S/C22H26FN3O2/c23-18-5-3-17(4-6-18)21-2-1-11-26(21)16-22(27)24-19-7-9-20(10-8-19)25-12-14-28-15-13-25/h3-10,21H,1-2,11-16H2,(H,24,27)/t21-/m1/s1. The Bertz CT molecular complexity index is 788. The van der Waals surface area contributed by atoms with Crippen molar-refractivity contribution in [3.8, 4) is 0 Å². The van der Waals surface area contributed by atoms with Crippen LogP contribution in [0.2, 0.25) is 0 Å². The SMILES string of the molecule is O=C(CN1CCC[C@@H]1c1ccc(F)cc1)Nc1ccc(N2CCOCC2)cc1. The number of nitrogens with zero attached hydrogens (tertiary/aromatic N) is 2. The number of benzene rings is 2. The quantitative estimate of drug-likeness (QED) is 0.859. The van der Waals surface area contributed by atoms with E-state index in [2.05, 4.69) is 15.1 Å². The van der Waals surface area contributed by atoms with Gasteiger partial charge in [0.05, 0.1) is 19.8 Å². The van der Waals surface area contributed by atoms with Gasteiger partial charge in [-0.3, -0.25) is 9.69 Å². The summed E-state index contributed by atoms with van der Waals surface area (Å²) in [7, 11) is 0. The van der Waals surface area contributed by atoms with Gasteiger partial charge in [0.1, 0.15) is 5.82 Å². The van der Waals surface area contributed by atoms with E-state index in [1.54, 1.807) is 0 Å². The second-order valence-electron chi connectivity index (χ2n) is 7.37. The summed E-state index contributed by atoms with van der Waals surface area (Å²) in [5.41, 5.74) is 3.03. The molecule has 2 saturated heterocycles. The molecule has 0 spiro atoms. The van der Waals surface area contributed by atoms with Crippen LogP contribution in [-0.4, -0.2) is 50.2 Å². The third-order valence-corrected chi connectivity index (χ3v) is 5.49. The number of ether oxygens (including phenoxy) is 1. The molecule has 0 saturated carbocycles. The lowest BCUT2D eigenvalue weighted by atomic mass is 10.0. The van der Waals surface area contributed by atoms with Gasteiger partial charge in [0.15, 0.2) is 0 Å². The number of amides is 1. The first kappa shape index (κ1) is 18.9. The van der Waals surface area contributed by atoms with Crippen LogP contribution in [0.25, 0.3) is 0 Å². The molecule has 1 amide bonds. The number of hydrogen-bond donors (Lipinski definition) is 1. The molecule has 5 nitrogen and oxygen atoms in total. The van der Waals surface area contributed by atoms with E-state index in [1.807, 2.05) is 36.4 Å². The molecule has 0 unspecified atom stereocenters. The van der Waals surface area contributed by atoms with Crippen molar-refractivity contribution in [2.24, 2.45) is 0 Å². The molecule has 0 aromatic heterocycles. The number of carbonyl (C=O) groups is 1. The maximum Gasteiger partial charge on any atom is 0.238 e. The van der Waals surface area contributed by atoms with Gasteiger partial charge >= 0.3 is 0 Å². The molecule has 2 aliphatic rings. The van der Waals surface area contributed by atoms with E-state index >= 15 is 0 Å². The van der Waals surface area contributed by atoms with Crippen LogP contribution in [0.15, 0.2) is 48.5 Å². The molecule has 2 aromatic rings. The molecule has 0 bridgehead atoms. The summed E-state index contributed by atoms with van der Waals surface area (Å²) >= 11 is 0. The average Bonchev–Trinajstić information content (AvgIpc) is 3.18. The first-order chi connectivity index (χ1) is 13.7. The van der Waals surface area contributed by atoms with Crippen LogP contribution in [0.3, 0.4) is 0 Å². The lowest BCUT2D eigenvalue weighted by Gasteiger charge is -2.29. The second kappa shape index (κ2) is 8.71. The van der Waals surface area contributed by atoms with Crippen LogP contribution >= 0.6 is 0 Å². The van der Waals surface area contributed by atoms with Crippen LogP contribution in [0, 0.1) is 5.82 Å². The summed E-state index contributed by atoms with van der Waals surface area (Å²) in [6.07, 6.45) is 2.04. The van der Waals surface area contributed by atoms with Gasteiger partial charge in [0.25, 0.3) is 0 Å². The lowest BCUT2D eigenvalue weighted by Crippen LogP contribution is -2.36. The zero-order chi connectivity index (χ0) is 19.3. The highest BCUT2D eigenvalue weighted by Gasteiger charge is 2.27. The molecular weight excluding hydrogens is 357 g/mol. The largest absolute Gasteiger partial charge is 0.378 e. The second-order valence-corrected chi connectivity index (χ2v) is 7.37. The van der Waals surface area contributed by atoms with E-state index in [0.717, 1.165) is 62.6 Å². The lowest BCUT2D eigenvalue weighted by molar-refractivity contribution is -0.117. The predicted molar refractivity (Wildman–Crippen MR) is 108 cm³/mol. The monoisotopic (exact) mass is 383 g/mol. The van der Waals surface area contributed by atoms with E-state index in [0.29, 0.717) is 6.54 Å². The van der Waals surface area contributed by atoms with Crippen molar-refractivity contribution in [2.45, 2.75) is 18.9 Å². The third kappa shape index (κ3) is 4.51. The summed E-state index contributed by atoms with van der Waals surface area (Å²) in [6.45, 7) is 4.52. The van der Waals surface area contributed by atoms with Crippen molar-refractivity contribution >= 4 is 17.3 Å². The molecule has 4 rings (SSSR count). The number of hydrogen-bond acceptors (Lipinski definition) is 4. The Morgan fingerprint density at radius 1 is 1.04 bits per heavy atom. The Hall–Kier alpha value is -2.44. The normalized spacial score (nSPS) is 20.3. The number of rotatable bonds is 5. The molecule has 1 N–H and O–H groups in total. The number of carbonyl (C=O) groups excluding carboxylic acids is 1. The van der Waals surface area contributed by atoms with Gasteiger partial charge in [-0.05, 0) is 61.3 Å². The van der Waals surface area contributed by atoms with Crippen molar-refractivity contribution < 1.29 is 13.9 Å². The van der Waals surface area contributed by atoms with Crippen LogP contribution in [-0.2, 0) is 9.53 Å². The van der Waals surface area contributed by atoms with Gasteiger partial charge in [0.2, 0.25) is 5.91 Å². The Morgan fingerprint density at radius 2 is 1.75 bits per heavy atom. The average molecular weight is 383 g/mol. The highest BCUT2D eigenvalue weighted by Crippen LogP contribution is 2.31. The summed E-state index contributed by atoms with van der Waals surface area (Å²) in [5, 5.41) is 3.00. The van der Waals surface area contributed by atoms with Crippen LogP contribution in [0.5, 0.6) is 0 Å². The van der Waals surface area contributed by atoms with Gasteiger partial charge in [-0.15, -0.1) is 0 Å². The van der Waals surface area contributed by atoms with E-state index in [9.17, 15) is 9.18 Å². The first-order valence-electron chi connectivity index (χ1n) is 9.91. The Kier molecular flexibility index (Phi) is 5.88. The van der Waals surface area contributed by atoms with Gasteiger partial charge < -0.3 is 15.0 Å². The van der Waals surface area contributed by atoms with Crippen molar-refractivity contribution in [1.82, 2.24) is 4.90 Å². The van der Waals surface area contributed by atoms with Crippen molar-refractivity contribution in [2.75, 3.05) is 49.6 Å². The molecule has 2 aromatic carbocycles. The molecule has 28 heavy (non-hydrogen) atoms. The minimum Gasteiger partial charge on any atom is -0.378 e. The minimum atomic E-state index is -0.230. The summed E-state index contributed by atoms with van der Waals surface area (Å²) in [4.78, 5) is 17.0. The van der Waals surface area contributed by atoms with Gasteiger partial charge in [0, 0.05) is 30.5 Å². The number of morpholine rings is 1. The zero-order valence-electron chi connectivity index (χ0n) is 15.9. The fourth-order valence-electron chi connectivity index (χ4n) is 4.04. The molecule has 6 heteroatoms. The summed E-state index contributed by atoms with van der Waals surface area (Å²) in [6, 6.07) is 14.8. The van der Waals surface area contributed by atoms with Crippen LogP contribution < -0.4 is 10.2 Å². The van der Waals surface area contributed by atoms with E-state index in [1.165, 1.54) is 12.1 Å². The zero-order valence-corrected chi connectivity index (χ0v) is 15.9. The smallest absolute Gasteiger partial charge is 0.238 e. The maximum absolute atomic E-state index is 13.2. The fourth-order valence-corrected chi connectivity index (χ4v) is 4.04. The molecule has 1 atom stereocenters.